The quantitative estimate of drug-likeness (QED) is 0.259. The summed E-state index contributed by atoms with van der Waals surface area (Å²) in [6, 6.07) is 22.6. The molecule has 3 atom stereocenters. The number of nitrogens with one attached hydrogen (secondary N) is 2. The molecular weight excluding hydrogens is 492 g/mol. The number of H-pyrrole nitrogens is 2. The molecule has 6 rings (SSSR count). The zero-order chi connectivity index (χ0) is 25.5. The summed E-state index contributed by atoms with van der Waals surface area (Å²) in [7, 11) is 0. The largest absolute Gasteiger partial charge is 0.456 e. The van der Waals surface area contributed by atoms with Crippen LogP contribution in [0, 0.1) is 6.92 Å². The molecule has 9 heteroatoms. The molecule has 3 aromatic carbocycles. The molecule has 4 N–H and O–H groups in total. The van der Waals surface area contributed by atoms with Gasteiger partial charge in [-0.3, -0.25) is 5.10 Å². The number of fused-ring (bicyclic) bond motifs is 1. The number of nitrogens with zero attached hydrogens (tertiary/aromatic N) is 2. The van der Waals surface area contributed by atoms with Gasteiger partial charge in [-0.1, -0.05) is 60.1 Å². The van der Waals surface area contributed by atoms with E-state index in [1.165, 1.54) is 0 Å². The third-order valence-corrected chi connectivity index (χ3v) is 6.96. The first-order valence-electron chi connectivity index (χ1n) is 12.0. The van der Waals surface area contributed by atoms with E-state index in [4.69, 9.17) is 21.1 Å². The Hall–Kier alpha value is -3.69. The Labute approximate surface area is 217 Å². The molecule has 0 saturated carbocycles. The van der Waals surface area contributed by atoms with E-state index >= 15 is 0 Å². The molecule has 0 amide bonds. The predicted octanol–water partition coefficient (Wildman–Crippen LogP) is 4.75. The van der Waals surface area contributed by atoms with Crippen LogP contribution in [0.3, 0.4) is 0 Å². The minimum atomic E-state index is -0.929. The van der Waals surface area contributed by atoms with Crippen molar-refractivity contribution in [2.45, 2.75) is 25.2 Å². The molecule has 1 saturated heterocycles. The Balaban J connectivity index is 1.22. The Morgan fingerprint density at radius 2 is 1.68 bits per heavy atom. The molecule has 2 aromatic heterocycles. The lowest BCUT2D eigenvalue weighted by Gasteiger charge is -2.15. The average Bonchev–Trinajstić information content (AvgIpc) is 3.62. The summed E-state index contributed by atoms with van der Waals surface area (Å²) < 4.78 is 11.1. The summed E-state index contributed by atoms with van der Waals surface area (Å²) >= 11 is 6.63. The Kier molecular flexibility index (Phi) is 6.18. The van der Waals surface area contributed by atoms with Crippen molar-refractivity contribution in [3.05, 3.63) is 77.4 Å². The molecule has 0 bridgehead atoms. The van der Waals surface area contributed by atoms with Crippen LogP contribution in [0.15, 0.2) is 66.7 Å². The lowest BCUT2D eigenvalue weighted by Crippen LogP contribution is -2.36. The first-order valence-corrected chi connectivity index (χ1v) is 12.4. The summed E-state index contributed by atoms with van der Waals surface area (Å²) in [5.41, 5.74) is 8.47. The van der Waals surface area contributed by atoms with Gasteiger partial charge in [0.25, 0.3) is 6.01 Å². The molecule has 37 heavy (non-hydrogen) atoms. The molecule has 0 spiro atoms. The maximum Gasteiger partial charge on any atom is 0.295 e. The van der Waals surface area contributed by atoms with Crippen LogP contribution in [0.25, 0.3) is 44.5 Å². The fourth-order valence-electron chi connectivity index (χ4n) is 4.59. The first kappa shape index (κ1) is 23.7. The van der Waals surface area contributed by atoms with Gasteiger partial charge in [0.2, 0.25) is 0 Å². The fraction of sp³-hybridized carbons (Fsp3) is 0.214. The van der Waals surface area contributed by atoms with Crippen LogP contribution in [-0.2, 0) is 4.74 Å². The number of benzene rings is 3. The first-order chi connectivity index (χ1) is 18.0. The molecule has 3 heterocycles. The van der Waals surface area contributed by atoms with Gasteiger partial charge in [-0.15, -0.1) is 0 Å². The number of aliphatic hydroxyl groups is 2. The van der Waals surface area contributed by atoms with Crippen LogP contribution in [0.5, 0.6) is 6.01 Å². The summed E-state index contributed by atoms with van der Waals surface area (Å²) in [6.07, 6.45) is -2.20. The number of imidazole rings is 1. The number of aromatic nitrogens is 4. The normalized spacial score (nSPS) is 19.5. The fourth-order valence-corrected chi connectivity index (χ4v) is 4.86. The second-order valence-corrected chi connectivity index (χ2v) is 9.59. The number of rotatable bonds is 6. The number of hydrogen-bond donors (Lipinski definition) is 4. The molecule has 0 radical (unpaired) electrons. The summed E-state index contributed by atoms with van der Waals surface area (Å²) in [5, 5.41) is 27.4. The van der Waals surface area contributed by atoms with Gasteiger partial charge in [0, 0.05) is 16.8 Å². The number of aromatic amines is 2. The molecule has 0 unspecified atom stereocenters. The Bertz CT molecular complexity index is 1550. The van der Waals surface area contributed by atoms with Crippen LogP contribution < -0.4 is 4.74 Å². The van der Waals surface area contributed by atoms with Crippen LogP contribution in [0.1, 0.15) is 5.69 Å². The second kappa shape index (κ2) is 9.64. The standard InChI is InChI=1S/C28H25ClN4O4/c1-15-10-22(33-32-15)19-8-4-17(5-9-19)16-2-6-18(7-3-16)20-11-23-24(12-21(20)29)31-28(30-23)37-26-14-36-25(13-34)27(26)35/h2-12,25-27,34-35H,13-14H2,1H3,(H,30,31)(H,32,33)/t25-,26-,27-/m1/s1. The van der Waals surface area contributed by atoms with Gasteiger partial charge in [0.05, 0.1) is 35.0 Å². The maximum atomic E-state index is 10.2. The molecule has 1 aliphatic rings. The molecule has 188 valence electrons. The van der Waals surface area contributed by atoms with Gasteiger partial charge in [-0.05, 0) is 41.8 Å². The molecular formula is C28H25ClN4O4. The van der Waals surface area contributed by atoms with Gasteiger partial charge in [0.15, 0.2) is 6.10 Å². The minimum absolute atomic E-state index is 0.174. The number of aliphatic hydroxyl groups excluding tert-OH is 2. The van der Waals surface area contributed by atoms with Crippen molar-refractivity contribution < 1.29 is 19.7 Å². The van der Waals surface area contributed by atoms with E-state index in [0.717, 1.165) is 44.7 Å². The van der Waals surface area contributed by atoms with Crippen molar-refractivity contribution in [3.8, 4) is 39.5 Å². The van der Waals surface area contributed by atoms with Crippen molar-refractivity contribution in [3.63, 3.8) is 0 Å². The predicted molar refractivity (Wildman–Crippen MR) is 142 cm³/mol. The van der Waals surface area contributed by atoms with Crippen LogP contribution in [0.4, 0.5) is 0 Å². The van der Waals surface area contributed by atoms with E-state index in [9.17, 15) is 10.2 Å². The van der Waals surface area contributed by atoms with Gasteiger partial charge in [0.1, 0.15) is 12.2 Å². The highest BCUT2D eigenvalue weighted by atomic mass is 35.5. The summed E-state index contributed by atoms with van der Waals surface area (Å²) in [5.74, 6) is 0. The van der Waals surface area contributed by atoms with Crippen LogP contribution in [0.2, 0.25) is 5.02 Å². The number of ether oxygens (including phenoxy) is 2. The average molecular weight is 517 g/mol. The number of aryl methyl sites for hydroxylation is 1. The van der Waals surface area contributed by atoms with Gasteiger partial charge in [-0.2, -0.15) is 10.1 Å². The van der Waals surface area contributed by atoms with Crippen LogP contribution in [-0.4, -0.2) is 61.9 Å². The van der Waals surface area contributed by atoms with Crippen molar-refractivity contribution in [1.82, 2.24) is 20.2 Å². The maximum absolute atomic E-state index is 10.2. The SMILES string of the molecule is Cc1cc(-c2ccc(-c3ccc(-c4cc5nc(O[C@@H]6CO[C@H](CO)[C@H]6O)[nH]c5cc4Cl)cc3)cc2)n[nH]1. The molecule has 1 aliphatic heterocycles. The van der Waals surface area contributed by atoms with E-state index in [1.54, 1.807) is 0 Å². The van der Waals surface area contributed by atoms with E-state index in [0.29, 0.717) is 10.5 Å². The number of halogens is 1. The molecule has 8 nitrogen and oxygen atoms in total. The molecule has 5 aromatic rings. The second-order valence-electron chi connectivity index (χ2n) is 9.18. The highest BCUT2D eigenvalue weighted by Crippen LogP contribution is 2.34. The van der Waals surface area contributed by atoms with Gasteiger partial charge >= 0.3 is 0 Å². The molecule has 1 fully saturated rings. The lowest BCUT2D eigenvalue weighted by atomic mass is 9.99. The summed E-state index contributed by atoms with van der Waals surface area (Å²) in [6.45, 7) is 1.89. The van der Waals surface area contributed by atoms with Gasteiger partial charge in [-0.25, -0.2) is 0 Å². The zero-order valence-electron chi connectivity index (χ0n) is 20.0. The third kappa shape index (κ3) is 4.60. The van der Waals surface area contributed by atoms with E-state index < -0.39 is 18.3 Å². The van der Waals surface area contributed by atoms with Crippen LogP contribution >= 0.6 is 11.6 Å². The topological polar surface area (TPSA) is 116 Å². The van der Waals surface area contributed by atoms with E-state index in [1.807, 2.05) is 37.3 Å². The van der Waals surface area contributed by atoms with Gasteiger partial charge < -0.3 is 24.7 Å². The Morgan fingerprint density at radius 3 is 2.30 bits per heavy atom. The smallest absolute Gasteiger partial charge is 0.295 e. The third-order valence-electron chi connectivity index (χ3n) is 6.64. The Morgan fingerprint density at radius 1 is 1.00 bits per heavy atom. The number of hydrogen-bond acceptors (Lipinski definition) is 6. The molecule has 0 aliphatic carbocycles. The zero-order valence-corrected chi connectivity index (χ0v) is 20.7. The van der Waals surface area contributed by atoms with Crippen molar-refractivity contribution in [2.24, 2.45) is 0 Å². The highest BCUT2D eigenvalue weighted by molar-refractivity contribution is 6.34. The highest BCUT2D eigenvalue weighted by Gasteiger charge is 2.37. The van der Waals surface area contributed by atoms with E-state index in [2.05, 4.69) is 56.6 Å². The van der Waals surface area contributed by atoms with E-state index in [-0.39, 0.29) is 19.2 Å². The monoisotopic (exact) mass is 516 g/mol. The minimum Gasteiger partial charge on any atom is -0.456 e. The van der Waals surface area contributed by atoms with Crippen molar-refractivity contribution >= 4 is 22.6 Å². The van der Waals surface area contributed by atoms with Crippen molar-refractivity contribution in [1.29, 1.82) is 0 Å². The van der Waals surface area contributed by atoms with Crippen molar-refractivity contribution in [2.75, 3.05) is 13.2 Å². The lowest BCUT2D eigenvalue weighted by molar-refractivity contribution is -0.00390. The summed E-state index contributed by atoms with van der Waals surface area (Å²) in [4.78, 5) is 7.61.